The van der Waals surface area contributed by atoms with Crippen LogP contribution in [0.4, 0.5) is 0 Å². The van der Waals surface area contributed by atoms with Crippen LogP contribution in [0.25, 0.3) is 42.1 Å². The Balaban J connectivity index is 1.97. The van der Waals surface area contributed by atoms with Gasteiger partial charge < -0.3 is 4.42 Å². The van der Waals surface area contributed by atoms with Crippen molar-refractivity contribution in [2.75, 3.05) is 0 Å². The molecule has 1 nitrogen and oxygen atoms in total. The van der Waals surface area contributed by atoms with Crippen LogP contribution in [0.1, 0.15) is 9.75 Å². The molecule has 0 aliphatic heterocycles. The summed E-state index contributed by atoms with van der Waals surface area (Å²) in [7, 11) is 0. The van der Waals surface area contributed by atoms with Gasteiger partial charge in [-0.15, -0.1) is 22.7 Å². The molecular formula is C18H12OS2. The summed E-state index contributed by atoms with van der Waals surface area (Å²) in [6.07, 6.45) is 0. The van der Waals surface area contributed by atoms with Gasteiger partial charge in [0.1, 0.15) is 11.2 Å². The highest BCUT2D eigenvalue weighted by atomic mass is 32.1. The van der Waals surface area contributed by atoms with Crippen LogP contribution in [-0.4, -0.2) is 0 Å². The maximum absolute atomic E-state index is 6.10. The summed E-state index contributed by atoms with van der Waals surface area (Å²) in [6, 6.07) is 13.4. The normalized spacial score (nSPS) is 12.3. The summed E-state index contributed by atoms with van der Waals surface area (Å²) in [5.41, 5.74) is 1.98. The van der Waals surface area contributed by atoms with Gasteiger partial charge in [0.15, 0.2) is 0 Å². The van der Waals surface area contributed by atoms with Gasteiger partial charge in [-0.1, -0.05) is 0 Å². The van der Waals surface area contributed by atoms with E-state index in [1.54, 1.807) is 0 Å². The molecule has 0 bridgehead atoms. The van der Waals surface area contributed by atoms with E-state index in [4.69, 9.17) is 4.42 Å². The van der Waals surface area contributed by atoms with Crippen LogP contribution in [0.2, 0.25) is 0 Å². The molecule has 3 aromatic heterocycles. The Bertz CT molecular complexity index is 1060. The van der Waals surface area contributed by atoms with Crippen molar-refractivity contribution in [3.8, 4) is 0 Å². The van der Waals surface area contributed by atoms with Crippen molar-refractivity contribution in [2.24, 2.45) is 0 Å². The van der Waals surface area contributed by atoms with Gasteiger partial charge in [0.2, 0.25) is 0 Å². The summed E-state index contributed by atoms with van der Waals surface area (Å²) in [6.45, 7) is 4.31. The van der Waals surface area contributed by atoms with Crippen LogP contribution in [0.5, 0.6) is 0 Å². The van der Waals surface area contributed by atoms with Gasteiger partial charge in [-0.2, -0.15) is 0 Å². The lowest BCUT2D eigenvalue weighted by Gasteiger charge is -1.91. The van der Waals surface area contributed by atoms with Crippen molar-refractivity contribution in [3.05, 3.63) is 46.2 Å². The molecule has 102 valence electrons. The molecule has 0 spiro atoms. The van der Waals surface area contributed by atoms with Gasteiger partial charge in [-0.3, -0.25) is 0 Å². The standard InChI is InChI=1S/C18H12OS2/c1-9-3-11-5-15-13(7-17(11)20-9)14-8-18-12(4-10(2)21-18)6-16(14)19-15/h3-8H,1-2H3. The lowest BCUT2D eigenvalue weighted by Crippen LogP contribution is -1.67. The van der Waals surface area contributed by atoms with Crippen molar-refractivity contribution in [2.45, 2.75) is 13.8 Å². The molecule has 5 aromatic rings. The minimum Gasteiger partial charge on any atom is -0.456 e. The highest BCUT2D eigenvalue weighted by Gasteiger charge is 2.11. The maximum Gasteiger partial charge on any atom is 0.136 e. The van der Waals surface area contributed by atoms with Gasteiger partial charge in [0.25, 0.3) is 0 Å². The molecule has 0 fully saturated rings. The minimum atomic E-state index is 0.990. The lowest BCUT2D eigenvalue weighted by molar-refractivity contribution is 0.670. The maximum atomic E-state index is 6.10. The first-order chi connectivity index (χ1) is 10.2. The molecule has 0 unspecified atom stereocenters. The molecule has 21 heavy (non-hydrogen) atoms. The Hall–Kier alpha value is -1.84. The second kappa shape index (κ2) is 3.87. The highest BCUT2D eigenvalue weighted by molar-refractivity contribution is 7.19. The van der Waals surface area contributed by atoms with Crippen molar-refractivity contribution in [1.82, 2.24) is 0 Å². The monoisotopic (exact) mass is 308 g/mol. The second-order valence-electron chi connectivity index (χ2n) is 5.59. The molecule has 3 heteroatoms. The first-order valence-corrected chi connectivity index (χ1v) is 8.57. The van der Waals surface area contributed by atoms with Crippen LogP contribution >= 0.6 is 22.7 Å². The molecule has 3 heterocycles. The average molecular weight is 308 g/mol. The average Bonchev–Trinajstić information content (AvgIpc) is 3.05. The van der Waals surface area contributed by atoms with Crippen molar-refractivity contribution >= 4 is 64.8 Å². The molecule has 2 aromatic carbocycles. The van der Waals surface area contributed by atoms with E-state index in [0.29, 0.717) is 0 Å². The van der Waals surface area contributed by atoms with Crippen LogP contribution in [-0.2, 0) is 0 Å². The molecule has 0 aliphatic carbocycles. The number of furan rings is 1. The van der Waals surface area contributed by atoms with E-state index in [2.05, 4.69) is 50.2 Å². The summed E-state index contributed by atoms with van der Waals surface area (Å²) < 4.78 is 8.77. The summed E-state index contributed by atoms with van der Waals surface area (Å²) >= 11 is 3.70. The predicted molar refractivity (Wildman–Crippen MR) is 94.0 cm³/mol. The Kier molecular flexibility index (Phi) is 2.17. The smallest absolute Gasteiger partial charge is 0.136 e. The zero-order valence-corrected chi connectivity index (χ0v) is 13.3. The number of hydrogen-bond acceptors (Lipinski definition) is 3. The number of thiophene rings is 2. The van der Waals surface area contributed by atoms with Crippen molar-refractivity contribution in [3.63, 3.8) is 0 Å². The molecule has 0 atom stereocenters. The highest BCUT2D eigenvalue weighted by Crippen LogP contribution is 2.38. The number of rotatable bonds is 0. The Morgan fingerprint density at radius 1 is 0.667 bits per heavy atom. The second-order valence-corrected chi connectivity index (χ2v) is 8.16. The summed E-state index contributed by atoms with van der Waals surface area (Å²) in [4.78, 5) is 2.69. The number of aryl methyl sites for hydroxylation is 2. The number of hydrogen-bond donors (Lipinski definition) is 0. The first-order valence-electron chi connectivity index (χ1n) is 6.94. The molecular weight excluding hydrogens is 296 g/mol. The zero-order valence-electron chi connectivity index (χ0n) is 11.7. The van der Waals surface area contributed by atoms with Crippen LogP contribution in [0.15, 0.2) is 40.8 Å². The number of fused-ring (bicyclic) bond motifs is 5. The Morgan fingerprint density at radius 3 is 1.62 bits per heavy atom. The summed E-state index contributed by atoms with van der Waals surface area (Å²) in [5, 5.41) is 5.02. The fourth-order valence-corrected chi connectivity index (χ4v) is 5.00. The van der Waals surface area contributed by atoms with E-state index in [1.807, 2.05) is 22.7 Å². The van der Waals surface area contributed by atoms with Gasteiger partial charge in [-0.05, 0) is 61.0 Å². The number of benzene rings is 2. The molecule has 0 saturated heterocycles. The van der Waals surface area contributed by atoms with Crippen LogP contribution in [0, 0.1) is 13.8 Å². The summed E-state index contributed by atoms with van der Waals surface area (Å²) in [5.74, 6) is 0. The van der Waals surface area contributed by atoms with Gasteiger partial charge in [0.05, 0.1) is 0 Å². The molecule has 5 rings (SSSR count). The van der Waals surface area contributed by atoms with Crippen molar-refractivity contribution in [1.29, 1.82) is 0 Å². The molecule has 0 N–H and O–H groups in total. The fourth-order valence-electron chi connectivity index (χ4n) is 3.11. The van der Waals surface area contributed by atoms with Crippen molar-refractivity contribution < 1.29 is 4.42 Å². The minimum absolute atomic E-state index is 0.990. The Morgan fingerprint density at radius 2 is 1.14 bits per heavy atom. The fraction of sp³-hybridized carbons (Fsp3) is 0.111. The van der Waals surface area contributed by atoms with E-state index in [1.165, 1.54) is 40.7 Å². The molecule has 0 amide bonds. The largest absolute Gasteiger partial charge is 0.456 e. The quantitative estimate of drug-likeness (QED) is 0.313. The SMILES string of the molecule is Cc1cc2cc3oc4cc5cc(C)sc5cc4c3cc2s1. The third-order valence-electron chi connectivity index (χ3n) is 3.99. The lowest BCUT2D eigenvalue weighted by atomic mass is 10.1. The molecule has 0 aliphatic rings. The predicted octanol–water partition coefficient (Wildman–Crippen LogP) is 6.63. The van der Waals surface area contributed by atoms with E-state index in [0.717, 1.165) is 11.2 Å². The molecule has 0 saturated carbocycles. The van der Waals surface area contributed by atoms with E-state index < -0.39 is 0 Å². The van der Waals surface area contributed by atoms with Gasteiger partial charge in [0, 0.05) is 29.9 Å². The van der Waals surface area contributed by atoms with Crippen LogP contribution in [0.3, 0.4) is 0 Å². The van der Waals surface area contributed by atoms with E-state index >= 15 is 0 Å². The first kappa shape index (κ1) is 11.8. The zero-order chi connectivity index (χ0) is 14.1. The third-order valence-corrected chi connectivity index (χ3v) is 6.02. The van der Waals surface area contributed by atoms with Crippen LogP contribution < -0.4 is 0 Å². The topological polar surface area (TPSA) is 13.1 Å². The van der Waals surface area contributed by atoms with Gasteiger partial charge in [-0.25, -0.2) is 0 Å². The Labute approximate surface area is 129 Å². The van der Waals surface area contributed by atoms with E-state index in [9.17, 15) is 0 Å². The van der Waals surface area contributed by atoms with E-state index in [-0.39, 0.29) is 0 Å². The van der Waals surface area contributed by atoms with Gasteiger partial charge >= 0.3 is 0 Å². The molecule has 0 radical (unpaired) electrons. The third kappa shape index (κ3) is 1.62.